The Morgan fingerprint density at radius 1 is 1.39 bits per heavy atom. The van der Waals surface area contributed by atoms with Gasteiger partial charge in [0, 0.05) is 38.1 Å². The third kappa shape index (κ3) is 6.96. The van der Waals surface area contributed by atoms with E-state index < -0.39 is 0 Å². The van der Waals surface area contributed by atoms with E-state index in [1.807, 2.05) is 26.0 Å². The van der Waals surface area contributed by atoms with Crippen LogP contribution in [0.5, 0.6) is 0 Å². The minimum absolute atomic E-state index is 0.101. The van der Waals surface area contributed by atoms with Gasteiger partial charge in [0.1, 0.15) is 0 Å². The van der Waals surface area contributed by atoms with Crippen LogP contribution in [0, 0.1) is 12.3 Å². The summed E-state index contributed by atoms with van der Waals surface area (Å²) < 4.78 is 5.51. The van der Waals surface area contributed by atoms with Crippen molar-refractivity contribution in [2.45, 2.75) is 33.1 Å². The molecule has 1 aromatic rings. The van der Waals surface area contributed by atoms with Gasteiger partial charge in [0.2, 0.25) is 5.91 Å². The number of hydrogen-bond acceptors (Lipinski definition) is 4. The summed E-state index contributed by atoms with van der Waals surface area (Å²) in [5, 5.41) is 19.1. The lowest BCUT2D eigenvalue weighted by Gasteiger charge is -2.24. The standard InChI is InChI=1S/C20H31ClN4O3/c1-3-22-19(24-13-20(7-10-26)8-11-28-14-20)23-9-6-18(27)25-17-5-4-15(2)12-16(17)21/h4-5,12,26H,3,6-11,13-14H2,1-2H3,(H,25,27)(H2,22,23,24). The van der Waals surface area contributed by atoms with Crippen LogP contribution in [0.15, 0.2) is 23.2 Å². The van der Waals surface area contributed by atoms with Crippen molar-refractivity contribution in [2.75, 3.05) is 44.8 Å². The average Bonchev–Trinajstić information content (AvgIpc) is 3.11. The highest BCUT2D eigenvalue weighted by Gasteiger charge is 2.34. The van der Waals surface area contributed by atoms with E-state index >= 15 is 0 Å². The van der Waals surface area contributed by atoms with E-state index in [9.17, 15) is 9.90 Å². The molecule has 0 aliphatic carbocycles. The first-order valence-electron chi connectivity index (χ1n) is 9.75. The molecule has 1 heterocycles. The molecule has 0 aromatic heterocycles. The molecule has 1 atom stereocenters. The number of aliphatic imine (C=N–C) groups is 1. The van der Waals surface area contributed by atoms with Gasteiger partial charge in [0.25, 0.3) is 0 Å². The van der Waals surface area contributed by atoms with Crippen molar-refractivity contribution in [1.82, 2.24) is 10.6 Å². The van der Waals surface area contributed by atoms with Crippen molar-refractivity contribution in [3.63, 3.8) is 0 Å². The minimum Gasteiger partial charge on any atom is -0.396 e. The lowest BCUT2D eigenvalue weighted by Crippen LogP contribution is -2.40. The maximum absolute atomic E-state index is 12.2. The Balaban J connectivity index is 1.84. The zero-order chi connectivity index (χ0) is 20.4. The number of rotatable bonds is 9. The smallest absolute Gasteiger partial charge is 0.226 e. The summed E-state index contributed by atoms with van der Waals surface area (Å²) in [6.07, 6.45) is 1.87. The molecule has 28 heavy (non-hydrogen) atoms. The van der Waals surface area contributed by atoms with E-state index in [0.717, 1.165) is 18.5 Å². The molecule has 1 unspecified atom stereocenters. The van der Waals surface area contributed by atoms with Crippen LogP contribution < -0.4 is 16.0 Å². The number of nitrogens with one attached hydrogen (secondary N) is 3. The summed E-state index contributed by atoms with van der Waals surface area (Å²) in [6.45, 7) is 7.15. The van der Waals surface area contributed by atoms with Crippen LogP contribution in [0.1, 0.15) is 31.7 Å². The van der Waals surface area contributed by atoms with Crippen LogP contribution in [0.4, 0.5) is 5.69 Å². The second-order valence-electron chi connectivity index (χ2n) is 7.18. The number of anilines is 1. The molecule has 0 saturated carbocycles. The van der Waals surface area contributed by atoms with Gasteiger partial charge in [0.05, 0.1) is 23.9 Å². The molecule has 0 bridgehead atoms. The molecule has 2 rings (SSSR count). The molecule has 8 heteroatoms. The molecule has 1 aliphatic heterocycles. The fourth-order valence-corrected chi connectivity index (χ4v) is 3.39. The Kier molecular flexibility index (Phi) is 9.02. The lowest BCUT2D eigenvalue weighted by molar-refractivity contribution is -0.116. The fraction of sp³-hybridized carbons (Fsp3) is 0.600. The summed E-state index contributed by atoms with van der Waals surface area (Å²) >= 11 is 6.15. The zero-order valence-corrected chi connectivity index (χ0v) is 17.4. The van der Waals surface area contributed by atoms with Crippen molar-refractivity contribution in [3.05, 3.63) is 28.8 Å². The Morgan fingerprint density at radius 3 is 2.86 bits per heavy atom. The summed E-state index contributed by atoms with van der Waals surface area (Å²) in [4.78, 5) is 16.8. The minimum atomic E-state index is -0.116. The second-order valence-corrected chi connectivity index (χ2v) is 7.59. The van der Waals surface area contributed by atoms with Gasteiger partial charge in [-0.3, -0.25) is 9.79 Å². The Labute approximate surface area is 171 Å². The lowest BCUT2D eigenvalue weighted by atomic mass is 9.84. The highest BCUT2D eigenvalue weighted by Crippen LogP contribution is 2.32. The largest absolute Gasteiger partial charge is 0.396 e. The number of aliphatic hydroxyl groups excluding tert-OH is 1. The maximum Gasteiger partial charge on any atom is 0.226 e. The van der Waals surface area contributed by atoms with E-state index in [0.29, 0.717) is 55.8 Å². The van der Waals surface area contributed by atoms with E-state index in [-0.39, 0.29) is 17.9 Å². The highest BCUT2D eigenvalue weighted by molar-refractivity contribution is 6.33. The summed E-state index contributed by atoms with van der Waals surface area (Å²) in [5.74, 6) is 0.544. The van der Waals surface area contributed by atoms with Gasteiger partial charge in [-0.1, -0.05) is 17.7 Å². The molecule has 0 radical (unpaired) electrons. The highest BCUT2D eigenvalue weighted by atomic mass is 35.5. The molecule has 1 fully saturated rings. The quantitative estimate of drug-likeness (QED) is 0.370. The number of guanidine groups is 1. The van der Waals surface area contributed by atoms with Crippen molar-refractivity contribution in [2.24, 2.45) is 10.4 Å². The van der Waals surface area contributed by atoms with Gasteiger partial charge in [0.15, 0.2) is 5.96 Å². The van der Waals surface area contributed by atoms with Crippen LogP contribution in [0.3, 0.4) is 0 Å². The zero-order valence-electron chi connectivity index (χ0n) is 16.7. The van der Waals surface area contributed by atoms with E-state index in [1.165, 1.54) is 0 Å². The monoisotopic (exact) mass is 410 g/mol. The summed E-state index contributed by atoms with van der Waals surface area (Å²) in [5.41, 5.74) is 1.56. The normalized spacial score (nSPS) is 19.5. The van der Waals surface area contributed by atoms with Crippen LogP contribution in [-0.2, 0) is 9.53 Å². The van der Waals surface area contributed by atoms with E-state index in [4.69, 9.17) is 16.3 Å². The molecule has 156 valence electrons. The van der Waals surface area contributed by atoms with Gasteiger partial charge < -0.3 is 25.8 Å². The fourth-order valence-electron chi connectivity index (χ4n) is 3.10. The molecule has 0 spiro atoms. The van der Waals surface area contributed by atoms with Crippen LogP contribution in [0.2, 0.25) is 5.02 Å². The predicted octanol–water partition coefficient (Wildman–Crippen LogP) is 2.32. The Morgan fingerprint density at radius 2 is 2.21 bits per heavy atom. The number of aliphatic hydroxyl groups is 1. The van der Waals surface area contributed by atoms with Crippen molar-refractivity contribution < 1.29 is 14.6 Å². The van der Waals surface area contributed by atoms with Gasteiger partial charge >= 0.3 is 0 Å². The summed E-state index contributed by atoms with van der Waals surface area (Å²) in [7, 11) is 0. The number of aryl methyl sites for hydroxylation is 1. The molecule has 4 N–H and O–H groups in total. The predicted molar refractivity (Wildman–Crippen MR) is 113 cm³/mol. The number of hydrogen-bond donors (Lipinski definition) is 4. The Bertz CT molecular complexity index is 675. The Hall–Kier alpha value is -1.83. The first-order valence-corrected chi connectivity index (χ1v) is 10.1. The first kappa shape index (κ1) is 22.5. The number of carbonyl (C=O) groups excluding carboxylic acids is 1. The van der Waals surface area contributed by atoms with Crippen LogP contribution >= 0.6 is 11.6 Å². The van der Waals surface area contributed by atoms with E-state index in [2.05, 4.69) is 20.9 Å². The topological polar surface area (TPSA) is 95.0 Å². The number of amides is 1. The van der Waals surface area contributed by atoms with Crippen LogP contribution in [0.25, 0.3) is 0 Å². The van der Waals surface area contributed by atoms with Gasteiger partial charge in [-0.05, 0) is 44.4 Å². The molecular formula is C20H31ClN4O3. The molecule has 1 aromatic carbocycles. The number of nitrogens with zero attached hydrogens (tertiary/aromatic N) is 1. The number of benzene rings is 1. The third-order valence-corrected chi connectivity index (χ3v) is 5.10. The molecular weight excluding hydrogens is 380 g/mol. The van der Waals surface area contributed by atoms with Crippen molar-refractivity contribution in [3.8, 4) is 0 Å². The van der Waals surface area contributed by atoms with Gasteiger partial charge in [-0.2, -0.15) is 0 Å². The van der Waals surface area contributed by atoms with Crippen LogP contribution in [-0.4, -0.2) is 56.4 Å². The van der Waals surface area contributed by atoms with Gasteiger partial charge in [-0.15, -0.1) is 0 Å². The van der Waals surface area contributed by atoms with Crippen molar-refractivity contribution >= 4 is 29.2 Å². The van der Waals surface area contributed by atoms with E-state index in [1.54, 1.807) is 6.07 Å². The third-order valence-electron chi connectivity index (χ3n) is 4.79. The molecule has 1 saturated heterocycles. The average molecular weight is 411 g/mol. The molecule has 1 aliphatic rings. The number of halogens is 1. The molecule has 7 nitrogen and oxygen atoms in total. The maximum atomic E-state index is 12.2. The molecule has 1 amide bonds. The number of carbonyl (C=O) groups is 1. The first-order chi connectivity index (χ1) is 13.5. The van der Waals surface area contributed by atoms with Crippen molar-refractivity contribution in [1.29, 1.82) is 0 Å². The summed E-state index contributed by atoms with van der Waals surface area (Å²) in [6, 6.07) is 5.53. The second kappa shape index (κ2) is 11.2. The SMILES string of the molecule is CCNC(=NCC1(CCO)CCOC1)NCCC(=O)Nc1ccc(C)cc1Cl. The van der Waals surface area contributed by atoms with Gasteiger partial charge in [-0.25, -0.2) is 0 Å². The number of ether oxygens (including phenoxy) is 1.